The molecular formula is C11H7F7O2. The Labute approximate surface area is 108 Å². The molecule has 1 rings (SSSR count). The van der Waals surface area contributed by atoms with Crippen molar-refractivity contribution in [2.24, 2.45) is 0 Å². The number of methoxy groups -OCH3 is 1. The average molecular weight is 304 g/mol. The fourth-order valence-electron chi connectivity index (χ4n) is 1.27. The van der Waals surface area contributed by atoms with E-state index in [9.17, 15) is 35.5 Å². The van der Waals surface area contributed by atoms with Crippen molar-refractivity contribution < 1.29 is 40.3 Å². The standard InChI is InChI=1S/C11H7F7O2/c1-20-7-4-2-3-6(5-7)8(19)9(12,13)10(14,15)11(16,17)18/h2-5H,1H3. The Morgan fingerprint density at radius 2 is 1.60 bits per heavy atom. The topological polar surface area (TPSA) is 26.3 Å². The molecule has 112 valence electrons. The zero-order chi connectivity index (χ0) is 15.8. The fourth-order valence-corrected chi connectivity index (χ4v) is 1.27. The maximum Gasteiger partial charge on any atom is 0.460 e. The minimum Gasteiger partial charge on any atom is -0.497 e. The van der Waals surface area contributed by atoms with Crippen LogP contribution in [0.3, 0.4) is 0 Å². The van der Waals surface area contributed by atoms with E-state index >= 15 is 0 Å². The van der Waals surface area contributed by atoms with E-state index in [1.165, 1.54) is 6.07 Å². The van der Waals surface area contributed by atoms with Crippen molar-refractivity contribution in [1.29, 1.82) is 0 Å². The molecule has 0 fully saturated rings. The summed E-state index contributed by atoms with van der Waals surface area (Å²) in [5.74, 6) is -15.2. The summed E-state index contributed by atoms with van der Waals surface area (Å²) in [5, 5.41) is 0. The highest BCUT2D eigenvalue weighted by molar-refractivity contribution is 6.02. The first-order chi connectivity index (χ1) is 8.95. The molecule has 0 bridgehead atoms. The van der Waals surface area contributed by atoms with Gasteiger partial charge in [-0.15, -0.1) is 0 Å². The fraction of sp³-hybridized carbons (Fsp3) is 0.364. The molecule has 9 heteroatoms. The summed E-state index contributed by atoms with van der Waals surface area (Å²) in [5.41, 5.74) is -1.02. The lowest BCUT2D eigenvalue weighted by molar-refractivity contribution is -0.339. The molecule has 0 N–H and O–H groups in total. The molecule has 1 aromatic carbocycles. The zero-order valence-electron chi connectivity index (χ0n) is 9.77. The molecule has 0 spiro atoms. The molecule has 0 heterocycles. The summed E-state index contributed by atoms with van der Waals surface area (Å²) >= 11 is 0. The van der Waals surface area contributed by atoms with E-state index in [4.69, 9.17) is 0 Å². The van der Waals surface area contributed by atoms with Gasteiger partial charge in [0.05, 0.1) is 7.11 Å². The first-order valence-electron chi connectivity index (χ1n) is 4.96. The van der Waals surface area contributed by atoms with Crippen LogP contribution in [-0.2, 0) is 0 Å². The Morgan fingerprint density at radius 1 is 1.05 bits per heavy atom. The van der Waals surface area contributed by atoms with Gasteiger partial charge < -0.3 is 4.74 Å². The summed E-state index contributed by atoms with van der Waals surface area (Å²) in [6, 6.07) is 3.54. The third-order valence-corrected chi connectivity index (χ3v) is 2.37. The van der Waals surface area contributed by atoms with E-state index in [0.717, 1.165) is 13.2 Å². The largest absolute Gasteiger partial charge is 0.497 e. The molecule has 0 aliphatic heterocycles. The number of ketones is 1. The average Bonchev–Trinajstić information content (AvgIpc) is 2.36. The van der Waals surface area contributed by atoms with E-state index in [-0.39, 0.29) is 5.75 Å². The summed E-state index contributed by atoms with van der Waals surface area (Å²) < 4.78 is 92.1. The molecular weight excluding hydrogens is 297 g/mol. The Morgan fingerprint density at radius 3 is 2.05 bits per heavy atom. The van der Waals surface area contributed by atoms with Gasteiger partial charge in [0.15, 0.2) is 0 Å². The molecule has 0 amide bonds. The van der Waals surface area contributed by atoms with E-state index < -0.39 is 29.4 Å². The quantitative estimate of drug-likeness (QED) is 0.626. The van der Waals surface area contributed by atoms with Crippen LogP contribution in [-0.4, -0.2) is 30.9 Å². The second-order valence-electron chi connectivity index (χ2n) is 3.71. The van der Waals surface area contributed by atoms with Crippen molar-refractivity contribution in [3.05, 3.63) is 29.8 Å². The first kappa shape index (κ1) is 16.3. The van der Waals surface area contributed by atoms with Crippen LogP contribution in [0.2, 0.25) is 0 Å². The van der Waals surface area contributed by atoms with Crippen LogP contribution in [0.25, 0.3) is 0 Å². The first-order valence-corrected chi connectivity index (χ1v) is 4.96. The van der Waals surface area contributed by atoms with Crippen LogP contribution in [0.5, 0.6) is 5.75 Å². The van der Waals surface area contributed by atoms with Crippen LogP contribution in [0.4, 0.5) is 30.7 Å². The van der Waals surface area contributed by atoms with Gasteiger partial charge in [-0.3, -0.25) is 4.79 Å². The molecule has 1 aromatic rings. The Bertz CT molecular complexity index is 508. The lowest BCUT2D eigenvalue weighted by Crippen LogP contribution is -2.56. The molecule has 0 unspecified atom stereocenters. The number of ether oxygens (including phenoxy) is 1. The van der Waals surface area contributed by atoms with Gasteiger partial charge in [-0.05, 0) is 12.1 Å². The SMILES string of the molecule is COc1cccc(C(=O)C(F)(F)C(F)(F)C(F)(F)F)c1. The van der Waals surface area contributed by atoms with Gasteiger partial charge in [0.1, 0.15) is 5.75 Å². The maximum absolute atomic E-state index is 13.2. The number of carbonyl (C=O) groups excluding carboxylic acids is 1. The number of carbonyl (C=O) groups is 1. The van der Waals surface area contributed by atoms with E-state index in [2.05, 4.69) is 4.74 Å². The van der Waals surface area contributed by atoms with E-state index in [0.29, 0.717) is 12.1 Å². The van der Waals surface area contributed by atoms with Crippen molar-refractivity contribution in [3.63, 3.8) is 0 Å². The summed E-state index contributed by atoms with van der Waals surface area (Å²) in [6.07, 6.45) is -6.55. The van der Waals surface area contributed by atoms with Crippen molar-refractivity contribution in [2.75, 3.05) is 7.11 Å². The maximum atomic E-state index is 13.2. The molecule has 0 atom stereocenters. The van der Waals surface area contributed by atoms with E-state index in [1.807, 2.05) is 0 Å². The smallest absolute Gasteiger partial charge is 0.460 e. The molecule has 0 aliphatic rings. The molecule has 20 heavy (non-hydrogen) atoms. The highest BCUT2D eigenvalue weighted by Crippen LogP contribution is 2.47. The predicted octanol–water partition coefficient (Wildman–Crippen LogP) is 3.71. The predicted molar refractivity (Wildman–Crippen MR) is 53.3 cm³/mol. The third kappa shape index (κ3) is 2.56. The van der Waals surface area contributed by atoms with Crippen LogP contribution in [0.15, 0.2) is 24.3 Å². The minimum atomic E-state index is -6.55. The van der Waals surface area contributed by atoms with Gasteiger partial charge in [0.25, 0.3) is 0 Å². The molecule has 0 aliphatic carbocycles. The zero-order valence-corrected chi connectivity index (χ0v) is 9.77. The molecule has 0 aromatic heterocycles. The monoisotopic (exact) mass is 304 g/mol. The summed E-state index contributed by atoms with van der Waals surface area (Å²) in [7, 11) is 1.10. The van der Waals surface area contributed by atoms with Crippen LogP contribution in [0.1, 0.15) is 10.4 Å². The van der Waals surface area contributed by atoms with Gasteiger partial charge in [0.2, 0.25) is 5.78 Å². The number of Topliss-reactive ketones (excluding diaryl/α,β-unsaturated/α-hetero) is 1. The number of benzene rings is 1. The lowest BCUT2D eigenvalue weighted by atomic mass is 10.00. The van der Waals surface area contributed by atoms with Gasteiger partial charge in [-0.2, -0.15) is 30.7 Å². The number of hydrogen-bond donors (Lipinski definition) is 0. The molecule has 0 saturated carbocycles. The summed E-state index contributed by atoms with van der Waals surface area (Å²) in [4.78, 5) is 11.2. The number of hydrogen-bond acceptors (Lipinski definition) is 2. The Hall–Kier alpha value is -1.80. The van der Waals surface area contributed by atoms with E-state index in [1.54, 1.807) is 0 Å². The molecule has 0 saturated heterocycles. The van der Waals surface area contributed by atoms with Crippen molar-refractivity contribution in [2.45, 2.75) is 18.0 Å². The van der Waals surface area contributed by atoms with Crippen molar-refractivity contribution in [1.82, 2.24) is 0 Å². The molecule has 0 radical (unpaired) electrons. The van der Waals surface area contributed by atoms with Crippen molar-refractivity contribution >= 4 is 5.78 Å². The third-order valence-electron chi connectivity index (χ3n) is 2.37. The highest BCUT2D eigenvalue weighted by atomic mass is 19.4. The Balaban J connectivity index is 3.24. The van der Waals surface area contributed by atoms with Crippen molar-refractivity contribution in [3.8, 4) is 5.75 Å². The normalized spacial score (nSPS) is 13.2. The number of rotatable bonds is 4. The molecule has 2 nitrogen and oxygen atoms in total. The van der Waals surface area contributed by atoms with Gasteiger partial charge in [-0.25, -0.2) is 0 Å². The minimum absolute atomic E-state index is 0.137. The van der Waals surface area contributed by atoms with Gasteiger partial charge in [0, 0.05) is 5.56 Å². The lowest BCUT2D eigenvalue weighted by Gasteiger charge is -2.27. The number of halogens is 7. The van der Waals surface area contributed by atoms with Crippen LogP contribution >= 0.6 is 0 Å². The second-order valence-corrected chi connectivity index (χ2v) is 3.71. The van der Waals surface area contributed by atoms with Crippen LogP contribution in [0, 0.1) is 0 Å². The highest BCUT2D eigenvalue weighted by Gasteiger charge is 2.76. The van der Waals surface area contributed by atoms with Gasteiger partial charge in [-0.1, -0.05) is 12.1 Å². The summed E-state index contributed by atoms with van der Waals surface area (Å²) in [6.45, 7) is 0. The Kier molecular flexibility index (Phi) is 4.02. The van der Waals surface area contributed by atoms with Gasteiger partial charge >= 0.3 is 18.0 Å². The second kappa shape index (κ2) is 4.95. The number of alkyl halides is 7. The van der Waals surface area contributed by atoms with Crippen LogP contribution < -0.4 is 4.74 Å².